The molecule has 0 aliphatic carbocycles. The second-order valence-electron chi connectivity index (χ2n) is 5.34. The SMILES string of the molecule is NC(=O)c1cc(-c2ccccc2C(=O)O)ccc1-c1ccccc1. The van der Waals surface area contributed by atoms with Crippen LogP contribution in [0, 0.1) is 0 Å². The van der Waals surface area contributed by atoms with Gasteiger partial charge in [0.15, 0.2) is 0 Å². The minimum atomic E-state index is -1.02. The lowest BCUT2D eigenvalue weighted by Gasteiger charge is -2.11. The summed E-state index contributed by atoms with van der Waals surface area (Å²) in [4.78, 5) is 23.3. The summed E-state index contributed by atoms with van der Waals surface area (Å²) in [6.07, 6.45) is 0. The van der Waals surface area contributed by atoms with Crippen LogP contribution in [0.2, 0.25) is 0 Å². The Bertz CT molecular complexity index is 917. The van der Waals surface area contributed by atoms with Crippen LogP contribution in [0.25, 0.3) is 22.3 Å². The lowest BCUT2D eigenvalue weighted by molar-refractivity contribution is 0.0697. The maximum atomic E-state index is 11.9. The summed E-state index contributed by atoms with van der Waals surface area (Å²) < 4.78 is 0. The van der Waals surface area contributed by atoms with E-state index in [2.05, 4.69) is 0 Å². The number of carboxylic acid groups (broad SMARTS) is 1. The average molecular weight is 317 g/mol. The first-order valence-electron chi connectivity index (χ1n) is 7.40. The largest absolute Gasteiger partial charge is 0.478 e. The van der Waals surface area contributed by atoms with Gasteiger partial charge in [0.05, 0.1) is 5.56 Å². The fourth-order valence-corrected chi connectivity index (χ4v) is 2.71. The lowest BCUT2D eigenvalue weighted by Crippen LogP contribution is -2.12. The number of carbonyl (C=O) groups is 2. The summed E-state index contributed by atoms with van der Waals surface area (Å²) in [5, 5.41) is 9.35. The topological polar surface area (TPSA) is 80.4 Å². The quantitative estimate of drug-likeness (QED) is 0.767. The third-order valence-corrected chi connectivity index (χ3v) is 3.84. The molecule has 0 radical (unpaired) electrons. The van der Waals surface area contributed by atoms with Gasteiger partial charge in [0.1, 0.15) is 0 Å². The van der Waals surface area contributed by atoms with Gasteiger partial charge < -0.3 is 10.8 Å². The van der Waals surface area contributed by atoms with Gasteiger partial charge in [0.25, 0.3) is 0 Å². The molecule has 24 heavy (non-hydrogen) atoms. The molecule has 3 aromatic carbocycles. The Morgan fingerprint density at radius 2 is 1.33 bits per heavy atom. The molecule has 4 nitrogen and oxygen atoms in total. The van der Waals surface area contributed by atoms with Crippen LogP contribution in [0.15, 0.2) is 72.8 Å². The van der Waals surface area contributed by atoms with Crippen molar-refractivity contribution in [3.05, 3.63) is 83.9 Å². The lowest BCUT2D eigenvalue weighted by atomic mass is 9.93. The number of amides is 1. The monoisotopic (exact) mass is 317 g/mol. The van der Waals surface area contributed by atoms with Crippen molar-refractivity contribution in [1.29, 1.82) is 0 Å². The van der Waals surface area contributed by atoms with Gasteiger partial charge in [-0.15, -0.1) is 0 Å². The normalized spacial score (nSPS) is 10.3. The van der Waals surface area contributed by atoms with Gasteiger partial charge in [0, 0.05) is 5.56 Å². The van der Waals surface area contributed by atoms with Gasteiger partial charge in [-0.2, -0.15) is 0 Å². The molecule has 0 fully saturated rings. The molecular formula is C20H15NO3. The molecule has 3 aromatic rings. The van der Waals surface area contributed by atoms with Crippen LogP contribution in [0.4, 0.5) is 0 Å². The molecule has 0 aliphatic rings. The van der Waals surface area contributed by atoms with Crippen molar-refractivity contribution in [1.82, 2.24) is 0 Å². The molecule has 0 aromatic heterocycles. The van der Waals surface area contributed by atoms with E-state index < -0.39 is 11.9 Å². The molecular weight excluding hydrogens is 302 g/mol. The van der Waals surface area contributed by atoms with E-state index in [1.54, 1.807) is 36.4 Å². The number of aromatic carboxylic acids is 1. The van der Waals surface area contributed by atoms with Crippen LogP contribution < -0.4 is 5.73 Å². The molecule has 0 spiro atoms. The van der Waals surface area contributed by atoms with Gasteiger partial charge in [-0.3, -0.25) is 4.79 Å². The van der Waals surface area contributed by atoms with Crippen LogP contribution in [-0.2, 0) is 0 Å². The summed E-state index contributed by atoms with van der Waals surface area (Å²) in [5.41, 5.74) is 8.87. The highest BCUT2D eigenvalue weighted by molar-refractivity contribution is 6.02. The van der Waals surface area contributed by atoms with Crippen LogP contribution >= 0.6 is 0 Å². The van der Waals surface area contributed by atoms with Gasteiger partial charge in [-0.25, -0.2) is 4.79 Å². The first kappa shape index (κ1) is 15.5. The average Bonchev–Trinajstić information content (AvgIpc) is 2.62. The predicted octanol–water partition coefficient (Wildman–Crippen LogP) is 3.82. The van der Waals surface area contributed by atoms with Gasteiger partial charge in [0.2, 0.25) is 5.91 Å². The number of carboxylic acids is 1. The predicted molar refractivity (Wildman–Crippen MR) is 92.8 cm³/mol. The van der Waals surface area contributed by atoms with Gasteiger partial charge >= 0.3 is 5.97 Å². The van der Waals surface area contributed by atoms with Crippen LogP contribution in [0.1, 0.15) is 20.7 Å². The van der Waals surface area contributed by atoms with Crippen molar-refractivity contribution in [3.8, 4) is 22.3 Å². The third kappa shape index (κ3) is 2.90. The van der Waals surface area contributed by atoms with E-state index in [-0.39, 0.29) is 5.56 Å². The van der Waals surface area contributed by atoms with E-state index >= 15 is 0 Å². The maximum absolute atomic E-state index is 11.9. The van der Waals surface area contributed by atoms with Crippen molar-refractivity contribution in [2.45, 2.75) is 0 Å². The van der Waals surface area contributed by atoms with Crippen molar-refractivity contribution in [3.63, 3.8) is 0 Å². The molecule has 0 heterocycles. The van der Waals surface area contributed by atoms with Crippen molar-refractivity contribution in [2.24, 2.45) is 5.73 Å². The van der Waals surface area contributed by atoms with Crippen LogP contribution in [0.5, 0.6) is 0 Å². The zero-order valence-electron chi connectivity index (χ0n) is 12.8. The zero-order valence-corrected chi connectivity index (χ0v) is 12.8. The molecule has 4 heteroatoms. The summed E-state index contributed by atoms with van der Waals surface area (Å²) in [6.45, 7) is 0. The van der Waals surface area contributed by atoms with E-state index in [1.807, 2.05) is 30.3 Å². The Labute approximate surface area is 139 Å². The molecule has 1 amide bonds. The third-order valence-electron chi connectivity index (χ3n) is 3.84. The molecule has 0 aliphatic heterocycles. The summed E-state index contributed by atoms with van der Waals surface area (Å²) >= 11 is 0. The minimum Gasteiger partial charge on any atom is -0.478 e. The number of benzene rings is 3. The molecule has 0 unspecified atom stereocenters. The van der Waals surface area contributed by atoms with E-state index in [1.165, 1.54) is 6.07 Å². The van der Waals surface area contributed by atoms with Crippen molar-refractivity contribution in [2.75, 3.05) is 0 Å². The van der Waals surface area contributed by atoms with Crippen molar-refractivity contribution >= 4 is 11.9 Å². The van der Waals surface area contributed by atoms with E-state index in [0.717, 1.165) is 11.1 Å². The number of hydrogen-bond donors (Lipinski definition) is 2. The van der Waals surface area contributed by atoms with Crippen LogP contribution in [0.3, 0.4) is 0 Å². The number of primary amides is 1. The first-order valence-corrected chi connectivity index (χ1v) is 7.40. The van der Waals surface area contributed by atoms with E-state index in [0.29, 0.717) is 16.7 Å². The minimum absolute atomic E-state index is 0.181. The number of nitrogens with two attached hydrogens (primary N) is 1. The van der Waals surface area contributed by atoms with Gasteiger partial charge in [-0.05, 0) is 34.4 Å². The number of carbonyl (C=O) groups excluding carboxylic acids is 1. The van der Waals surface area contributed by atoms with Gasteiger partial charge in [-0.1, -0.05) is 60.7 Å². The summed E-state index contributed by atoms with van der Waals surface area (Å²) in [5.74, 6) is -1.57. The molecule has 0 saturated heterocycles. The molecule has 0 saturated carbocycles. The fraction of sp³-hybridized carbons (Fsp3) is 0. The Morgan fingerprint density at radius 1 is 0.708 bits per heavy atom. The zero-order chi connectivity index (χ0) is 17.1. The second-order valence-corrected chi connectivity index (χ2v) is 5.34. The molecule has 0 atom stereocenters. The summed E-state index contributed by atoms with van der Waals surface area (Å²) in [7, 11) is 0. The highest BCUT2D eigenvalue weighted by atomic mass is 16.4. The standard InChI is InChI=1S/C20H15NO3/c21-19(22)18-12-14(15-8-4-5-9-17(15)20(23)24)10-11-16(18)13-6-2-1-3-7-13/h1-12H,(H2,21,22)(H,23,24). The highest BCUT2D eigenvalue weighted by Crippen LogP contribution is 2.30. The first-order chi connectivity index (χ1) is 11.6. The Kier molecular flexibility index (Phi) is 4.12. The fourth-order valence-electron chi connectivity index (χ4n) is 2.71. The Hall–Kier alpha value is -3.40. The summed E-state index contributed by atoms with van der Waals surface area (Å²) in [6, 6.07) is 21.4. The Balaban J connectivity index is 2.18. The molecule has 118 valence electrons. The van der Waals surface area contributed by atoms with E-state index in [4.69, 9.17) is 5.73 Å². The number of rotatable bonds is 4. The second kappa shape index (κ2) is 6.38. The maximum Gasteiger partial charge on any atom is 0.336 e. The van der Waals surface area contributed by atoms with Crippen molar-refractivity contribution < 1.29 is 14.7 Å². The smallest absolute Gasteiger partial charge is 0.336 e. The van der Waals surface area contributed by atoms with Crippen LogP contribution in [-0.4, -0.2) is 17.0 Å². The Morgan fingerprint density at radius 3 is 2.00 bits per heavy atom. The number of hydrogen-bond acceptors (Lipinski definition) is 2. The molecule has 0 bridgehead atoms. The molecule has 3 rings (SSSR count). The van der Waals surface area contributed by atoms with E-state index in [9.17, 15) is 14.7 Å². The molecule has 3 N–H and O–H groups in total. The highest BCUT2D eigenvalue weighted by Gasteiger charge is 2.15.